The lowest BCUT2D eigenvalue weighted by Crippen LogP contribution is -2.08. The molecule has 0 saturated heterocycles. The Labute approximate surface area is 609 Å². The number of aryl methyl sites for hydroxylation is 8. The number of fused-ring (bicyclic) bond motifs is 7. The fourth-order valence-corrected chi connectivity index (χ4v) is 12.9. The van der Waals surface area contributed by atoms with Gasteiger partial charge >= 0.3 is 0 Å². The van der Waals surface area contributed by atoms with E-state index in [4.69, 9.17) is 52.7 Å². The summed E-state index contributed by atoms with van der Waals surface area (Å²) in [5.41, 5.74) is 19.5. The summed E-state index contributed by atoms with van der Waals surface area (Å²) in [6, 6.07) is 70.1. The van der Waals surface area contributed by atoms with Gasteiger partial charge in [-0.05, 0) is 254 Å². The normalized spacial score (nSPS) is 10.8. The smallest absolute Gasteiger partial charge is 0.196 e. The van der Waals surface area contributed by atoms with Crippen LogP contribution >= 0.6 is 0 Å². The Morgan fingerprint density at radius 3 is 0.657 bits per heavy atom. The highest BCUT2D eigenvalue weighted by molar-refractivity contribution is 6.13. The van der Waals surface area contributed by atoms with Crippen molar-refractivity contribution >= 4 is 67.3 Å². The first-order chi connectivity index (χ1) is 50.9. The third-order valence-corrected chi connectivity index (χ3v) is 18.1. The molecule has 502 valence electrons. The second-order valence-corrected chi connectivity index (χ2v) is 25.4. The topological polar surface area (TPSA) is 171 Å². The van der Waals surface area contributed by atoms with Crippen LogP contribution in [0.4, 0.5) is 0 Å². The first-order valence-corrected chi connectivity index (χ1v) is 34.0. The van der Waals surface area contributed by atoms with Gasteiger partial charge in [0.15, 0.2) is 23.1 Å². The zero-order valence-corrected chi connectivity index (χ0v) is 59.0. The predicted molar refractivity (Wildman–Crippen MR) is 416 cm³/mol. The molecule has 0 spiro atoms. The molecule has 1 aliphatic rings. The Morgan fingerprint density at radius 2 is 0.448 bits per heavy atom. The molecule has 0 fully saturated rings. The van der Waals surface area contributed by atoms with Crippen molar-refractivity contribution in [2.75, 3.05) is 0 Å². The fraction of sp³-hybridized carbons (Fsp3) is 0.0968. The highest BCUT2D eigenvalue weighted by atomic mass is 16.1. The summed E-state index contributed by atoms with van der Waals surface area (Å²) in [5.74, 6) is 17.5. The number of hydrogen-bond donors (Lipinski definition) is 0. The maximum absolute atomic E-state index is 14.9. The minimum atomic E-state index is -0.276. The Hall–Kier alpha value is -14.0. The molecule has 12 nitrogen and oxygen atoms in total. The molecule has 12 aromatic rings. The third kappa shape index (κ3) is 15.2. The maximum Gasteiger partial charge on any atom is 0.196 e. The molecule has 0 radical (unpaired) electrons. The number of aromatic nitrogens is 8. The quantitative estimate of drug-likeness (QED) is 0.104. The molecule has 1 aliphatic carbocycles. The van der Waals surface area contributed by atoms with Gasteiger partial charge in [0.1, 0.15) is 0 Å². The van der Waals surface area contributed by atoms with E-state index in [2.05, 4.69) is 59.8 Å². The fourth-order valence-electron chi connectivity index (χ4n) is 12.9. The maximum atomic E-state index is 14.9. The number of terminal acetylenes is 2. The molecule has 12 heteroatoms. The van der Waals surface area contributed by atoms with Crippen molar-refractivity contribution < 1.29 is 19.2 Å². The zero-order chi connectivity index (χ0) is 73.4. The summed E-state index contributed by atoms with van der Waals surface area (Å²) in [5, 5.41) is 0. The van der Waals surface area contributed by atoms with E-state index in [1.165, 1.54) is 0 Å². The van der Waals surface area contributed by atoms with E-state index in [1.54, 1.807) is 128 Å². The Balaban J connectivity index is 0.740. The van der Waals surface area contributed by atoms with Gasteiger partial charge < -0.3 is 0 Å². The molecule has 0 bridgehead atoms. The number of para-hydroxylation sites is 8. The van der Waals surface area contributed by atoms with Crippen LogP contribution in [0.5, 0.6) is 0 Å². The lowest BCUT2D eigenvalue weighted by molar-refractivity contribution is 0.102. The van der Waals surface area contributed by atoms with Crippen molar-refractivity contribution in [3.05, 3.63) is 365 Å². The molecule has 0 N–H and O–H groups in total. The van der Waals surface area contributed by atoms with Gasteiger partial charge in [-0.15, -0.1) is 12.8 Å². The van der Waals surface area contributed by atoms with Gasteiger partial charge in [0.2, 0.25) is 0 Å². The van der Waals surface area contributed by atoms with Crippen LogP contribution in [0.1, 0.15) is 154 Å². The Bertz CT molecular complexity index is 5640. The van der Waals surface area contributed by atoms with Gasteiger partial charge in [0.05, 0.1) is 112 Å². The number of benzene rings is 10. The van der Waals surface area contributed by atoms with Crippen molar-refractivity contribution in [3.8, 4) is 59.5 Å². The van der Waals surface area contributed by atoms with Gasteiger partial charge in [0.25, 0.3) is 0 Å². The molecule has 0 unspecified atom stereocenters. The summed E-state index contributed by atoms with van der Waals surface area (Å²) in [6.45, 7) is 14.3. The molecular weight excluding hydrogens is 1290 g/mol. The van der Waals surface area contributed by atoms with Crippen LogP contribution in [0.2, 0.25) is 0 Å². The SMILES string of the molecule is C#Cc1ccc(C(=O)c2c(C)nc3ccccc3nc(C)c(C(=O)c3ccc(C#Cc4ccc5c(c4)Cc4cc(C#Cc6ccc(C(=O)c7c(C)nc8ccccc8nc(C)c(C(=O)c8ccc(C#C)cc8)c(C)nc8ccccc8nc7C)cc6)ccc4-5)cc3)c(C)nc3ccccc3nc2C)cc1. The monoisotopic (exact) mass is 1360 g/mol. The van der Waals surface area contributed by atoms with E-state index in [1.807, 2.05) is 133 Å². The molecule has 105 heavy (non-hydrogen) atoms. The third-order valence-electron chi connectivity index (χ3n) is 18.1. The molecule has 0 atom stereocenters. The van der Waals surface area contributed by atoms with Crippen LogP contribution in [0.3, 0.4) is 0 Å². The predicted octanol–water partition coefficient (Wildman–Crippen LogP) is 17.7. The first kappa shape index (κ1) is 69.4. The van der Waals surface area contributed by atoms with Crippen LogP contribution in [0.15, 0.2) is 231 Å². The standard InChI is InChI=1S/C93H66N8O4/c1-11-64-33-43-70(44-34-64)90(102)86-56(3)94-78-21-13-17-25-82(78)98-60(7)88(61(8)99-83-26-18-14-22-79(83)95-57(86)4)92(104)72-47-37-66(38-48-72)29-31-68-41-51-76-74(53-68)55-75-54-69(42-52-77(75)76)32-30-67-39-49-73(50-40-67)93(105)89-62(9)100-84-27-19-15-23-80(84)96-58(5)87(91(103)71-45-35-65(12-2)36-46-71)59(6)97-81-24-16-20-28-85(81)101-63(89)10/h1-2,13-28,33-54H,55H2,3-10H3. The second-order valence-electron chi connectivity index (χ2n) is 25.4. The molecule has 10 aromatic carbocycles. The average Bonchev–Trinajstić information content (AvgIpc) is 1.76. The van der Waals surface area contributed by atoms with Gasteiger partial charge in [-0.1, -0.05) is 96.2 Å². The number of hydrogen-bond acceptors (Lipinski definition) is 12. The van der Waals surface area contributed by atoms with E-state index in [0.29, 0.717) is 152 Å². The molecule has 0 amide bonds. The summed E-state index contributed by atoms with van der Waals surface area (Å²) in [6.07, 6.45) is 12.0. The summed E-state index contributed by atoms with van der Waals surface area (Å²) >= 11 is 0. The zero-order valence-electron chi connectivity index (χ0n) is 59.0. The molecular formula is C93H66N8O4. The minimum absolute atomic E-state index is 0.268. The van der Waals surface area contributed by atoms with Crippen molar-refractivity contribution in [3.63, 3.8) is 0 Å². The van der Waals surface area contributed by atoms with Crippen LogP contribution < -0.4 is 0 Å². The Kier molecular flexibility index (Phi) is 20.1. The largest absolute Gasteiger partial charge is 0.288 e. The van der Waals surface area contributed by atoms with Crippen molar-refractivity contribution in [2.45, 2.75) is 61.8 Å². The first-order valence-electron chi connectivity index (χ1n) is 34.0. The van der Waals surface area contributed by atoms with Crippen LogP contribution in [0, 0.1) is 104 Å². The number of carbonyl (C=O) groups is 4. The lowest BCUT2D eigenvalue weighted by atomic mass is 9.99. The second kappa shape index (κ2) is 30.4. The molecule has 0 aliphatic heterocycles. The Morgan fingerprint density at radius 1 is 0.257 bits per heavy atom. The highest BCUT2D eigenvalue weighted by Gasteiger charge is 2.23. The number of nitrogens with zero attached hydrogens (tertiary/aromatic N) is 8. The van der Waals surface area contributed by atoms with E-state index in [-0.39, 0.29) is 23.1 Å². The van der Waals surface area contributed by atoms with Crippen molar-refractivity contribution in [1.29, 1.82) is 0 Å². The van der Waals surface area contributed by atoms with Gasteiger partial charge in [-0.25, -0.2) is 0 Å². The van der Waals surface area contributed by atoms with Gasteiger partial charge in [-0.3, -0.25) is 59.0 Å². The van der Waals surface area contributed by atoms with E-state index in [9.17, 15) is 19.2 Å². The van der Waals surface area contributed by atoms with Gasteiger partial charge in [0, 0.05) is 55.6 Å². The number of ketones is 4. The summed E-state index contributed by atoms with van der Waals surface area (Å²) in [7, 11) is 0. The van der Waals surface area contributed by atoms with Crippen molar-refractivity contribution in [1.82, 2.24) is 39.9 Å². The van der Waals surface area contributed by atoms with Crippen LogP contribution in [0.25, 0.3) is 55.3 Å². The molecule has 0 saturated carbocycles. The number of carbonyl (C=O) groups excluding carboxylic acids is 4. The van der Waals surface area contributed by atoms with E-state index in [0.717, 1.165) is 44.5 Å². The summed E-state index contributed by atoms with van der Waals surface area (Å²) < 4.78 is 0. The van der Waals surface area contributed by atoms with Crippen molar-refractivity contribution in [2.24, 2.45) is 0 Å². The molecule has 2 heterocycles. The van der Waals surface area contributed by atoms with Gasteiger partial charge in [-0.2, -0.15) is 0 Å². The summed E-state index contributed by atoms with van der Waals surface area (Å²) in [4.78, 5) is 98.6. The minimum Gasteiger partial charge on any atom is -0.288 e. The molecule has 2 aromatic heterocycles. The highest BCUT2D eigenvalue weighted by Crippen LogP contribution is 2.38. The average molecular weight is 1360 g/mol. The van der Waals surface area contributed by atoms with Crippen LogP contribution in [-0.2, 0) is 6.42 Å². The lowest BCUT2D eigenvalue weighted by Gasteiger charge is -2.08. The van der Waals surface area contributed by atoms with E-state index < -0.39 is 0 Å². The van der Waals surface area contributed by atoms with E-state index >= 15 is 0 Å². The number of rotatable bonds is 8. The molecule has 13 rings (SSSR count). The van der Waals surface area contributed by atoms with Crippen LogP contribution in [-0.4, -0.2) is 63.0 Å².